The molecule has 2 rings (SSSR count). The van der Waals surface area contributed by atoms with Crippen LogP contribution in [0.15, 0.2) is 24.3 Å². The normalized spacial score (nSPS) is 11.1. The Labute approximate surface area is 151 Å². The van der Waals surface area contributed by atoms with E-state index in [1.54, 1.807) is 0 Å². The first kappa shape index (κ1) is 20.2. The fourth-order valence-corrected chi connectivity index (χ4v) is 2.05. The fraction of sp³-hybridized carbons (Fsp3) is 0.333. The van der Waals surface area contributed by atoms with Gasteiger partial charge in [0.25, 0.3) is 5.69 Å². The van der Waals surface area contributed by atoms with Gasteiger partial charge in [-0.2, -0.15) is 18.2 Å². The number of ether oxygens (including phenoxy) is 1. The first-order valence-electron chi connectivity index (χ1n) is 7.65. The molecule has 0 bridgehead atoms. The van der Waals surface area contributed by atoms with Crippen LogP contribution in [0.4, 0.5) is 36.3 Å². The van der Waals surface area contributed by atoms with Gasteiger partial charge in [0.1, 0.15) is 17.3 Å². The SMILES string of the molecule is COc1ccc(Nc2cc(C(F)(F)F)nc(NCCCO)n2)c([N+](=O)[O-])c1. The summed E-state index contributed by atoms with van der Waals surface area (Å²) >= 11 is 0. The van der Waals surface area contributed by atoms with E-state index in [0.717, 1.165) is 6.07 Å². The highest BCUT2D eigenvalue weighted by atomic mass is 19.4. The molecule has 12 heteroatoms. The lowest BCUT2D eigenvalue weighted by atomic mass is 10.2. The van der Waals surface area contributed by atoms with Crippen LogP contribution in [-0.4, -0.2) is 40.3 Å². The Balaban J connectivity index is 2.40. The highest BCUT2D eigenvalue weighted by Gasteiger charge is 2.34. The summed E-state index contributed by atoms with van der Waals surface area (Å²) in [5.41, 5.74) is -1.67. The molecule has 2 aromatic rings. The number of nitrogens with zero attached hydrogens (tertiary/aromatic N) is 3. The zero-order valence-electron chi connectivity index (χ0n) is 14.1. The van der Waals surface area contributed by atoms with Crippen LogP contribution in [0.1, 0.15) is 12.1 Å². The Hall–Kier alpha value is -3.15. The molecule has 0 unspecified atom stereocenters. The number of nitro groups is 1. The second-order valence-corrected chi connectivity index (χ2v) is 5.23. The van der Waals surface area contributed by atoms with Crippen molar-refractivity contribution in [2.24, 2.45) is 0 Å². The van der Waals surface area contributed by atoms with E-state index in [2.05, 4.69) is 20.6 Å². The molecule has 0 amide bonds. The van der Waals surface area contributed by atoms with Crippen LogP contribution in [0.5, 0.6) is 5.75 Å². The summed E-state index contributed by atoms with van der Waals surface area (Å²) in [6.07, 6.45) is -4.45. The van der Waals surface area contributed by atoms with Gasteiger partial charge in [-0.05, 0) is 18.6 Å². The van der Waals surface area contributed by atoms with Crippen molar-refractivity contribution < 1.29 is 27.9 Å². The Morgan fingerprint density at radius 1 is 1.30 bits per heavy atom. The maximum atomic E-state index is 13.1. The third-order valence-corrected chi connectivity index (χ3v) is 3.30. The molecular formula is C15H16F3N5O4. The molecule has 1 heterocycles. The number of methoxy groups -OCH3 is 1. The third kappa shape index (κ3) is 5.41. The van der Waals surface area contributed by atoms with E-state index >= 15 is 0 Å². The van der Waals surface area contributed by atoms with E-state index < -0.39 is 22.5 Å². The predicted octanol–water partition coefficient (Wildman–Crippen LogP) is 2.95. The Bertz CT molecular complexity index is 817. The Kier molecular flexibility index (Phi) is 6.34. The smallest absolute Gasteiger partial charge is 0.433 e. The standard InChI is InChI=1S/C15H16F3N5O4/c1-27-9-3-4-10(11(7-9)23(25)26)20-13-8-12(15(16,17)18)21-14(22-13)19-5-2-6-24/h3-4,7-8,24H,2,5-6H2,1H3,(H2,19,20,21,22). The number of hydrogen-bond acceptors (Lipinski definition) is 8. The van der Waals surface area contributed by atoms with Crippen molar-refractivity contribution in [2.75, 3.05) is 30.9 Å². The van der Waals surface area contributed by atoms with Crippen LogP contribution in [0.25, 0.3) is 0 Å². The summed E-state index contributed by atoms with van der Waals surface area (Å²) in [6, 6.07) is 4.49. The molecular weight excluding hydrogens is 371 g/mol. The summed E-state index contributed by atoms with van der Waals surface area (Å²) in [6.45, 7) is -0.00491. The van der Waals surface area contributed by atoms with Crippen molar-refractivity contribution >= 4 is 23.1 Å². The fourth-order valence-electron chi connectivity index (χ4n) is 2.05. The van der Waals surface area contributed by atoms with E-state index in [9.17, 15) is 23.3 Å². The van der Waals surface area contributed by atoms with Gasteiger partial charge >= 0.3 is 6.18 Å². The maximum absolute atomic E-state index is 13.1. The van der Waals surface area contributed by atoms with Crippen LogP contribution in [0.2, 0.25) is 0 Å². The maximum Gasteiger partial charge on any atom is 0.433 e. The van der Waals surface area contributed by atoms with Crippen molar-refractivity contribution in [2.45, 2.75) is 12.6 Å². The number of nitrogens with one attached hydrogen (secondary N) is 2. The molecule has 0 aliphatic carbocycles. The van der Waals surface area contributed by atoms with Crippen LogP contribution in [-0.2, 0) is 6.18 Å². The lowest BCUT2D eigenvalue weighted by molar-refractivity contribution is -0.384. The van der Waals surface area contributed by atoms with Gasteiger partial charge in [-0.1, -0.05) is 0 Å². The summed E-state index contributed by atoms with van der Waals surface area (Å²) in [7, 11) is 1.33. The predicted molar refractivity (Wildman–Crippen MR) is 90.2 cm³/mol. The molecule has 0 saturated heterocycles. The third-order valence-electron chi connectivity index (χ3n) is 3.30. The number of benzene rings is 1. The van der Waals surface area contributed by atoms with E-state index in [1.165, 1.54) is 19.2 Å². The van der Waals surface area contributed by atoms with Gasteiger partial charge in [-0.15, -0.1) is 0 Å². The number of hydrogen-bond donors (Lipinski definition) is 3. The van der Waals surface area contributed by atoms with Gasteiger partial charge in [0.05, 0.1) is 18.1 Å². The van der Waals surface area contributed by atoms with E-state index in [1.807, 2.05) is 0 Å². The van der Waals surface area contributed by atoms with Crippen LogP contribution in [0.3, 0.4) is 0 Å². The van der Waals surface area contributed by atoms with Gasteiger partial charge in [0.15, 0.2) is 5.69 Å². The number of aliphatic hydroxyl groups excluding tert-OH is 1. The first-order chi connectivity index (χ1) is 12.7. The van der Waals surface area contributed by atoms with E-state index in [-0.39, 0.29) is 42.8 Å². The molecule has 0 saturated carbocycles. The molecule has 1 aromatic heterocycles. The molecule has 0 aliphatic heterocycles. The van der Waals surface area contributed by atoms with Crippen LogP contribution < -0.4 is 15.4 Å². The molecule has 3 N–H and O–H groups in total. The van der Waals surface area contributed by atoms with E-state index in [0.29, 0.717) is 6.07 Å². The van der Waals surface area contributed by atoms with Crippen LogP contribution >= 0.6 is 0 Å². The summed E-state index contributed by atoms with van der Waals surface area (Å²) < 4.78 is 44.1. The largest absolute Gasteiger partial charge is 0.496 e. The second-order valence-electron chi connectivity index (χ2n) is 5.23. The average Bonchev–Trinajstić information content (AvgIpc) is 2.61. The zero-order valence-corrected chi connectivity index (χ0v) is 14.1. The quantitative estimate of drug-likeness (QED) is 0.359. The molecule has 0 aliphatic rings. The van der Waals surface area contributed by atoms with Crippen molar-refractivity contribution in [3.63, 3.8) is 0 Å². The Morgan fingerprint density at radius 2 is 2.04 bits per heavy atom. The molecule has 0 radical (unpaired) electrons. The number of aromatic nitrogens is 2. The topological polar surface area (TPSA) is 122 Å². The van der Waals surface area contributed by atoms with Crippen molar-refractivity contribution in [3.8, 4) is 5.75 Å². The molecule has 0 atom stereocenters. The highest BCUT2D eigenvalue weighted by Crippen LogP contribution is 2.33. The minimum atomic E-state index is -4.74. The minimum Gasteiger partial charge on any atom is -0.496 e. The van der Waals surface area contributed by atoms with Crippen molar-refractivity contribution in [1.82, 2.24) is 9.97 Å². The summed E-state index contributed by atoms with van der Waals surface area (Å²) in [4.78, 5) is 17.8. The molecule has 0 spiro atoms. The first-order valence-corrected chi connectivity index (χ1v) is 7.65. The number of rotatable bonds is 8. The number of aliphatic hydroxyl groups is 1. The van der Waals surface area contributed by atoms with Crippen molar-refractivity contribution in [3.05, 3.63) is 40.1 Å². The lowest BCUT2D eigenvalue weighted by Gasteiger charge is -2.13. The van der Waals surface area contributed by atoms with Crippen molar-refractivity contribution in [1.29, 1.82) is 0 Å². The summed E-state index contributed by atoms with van der Waals surface area (Å²) in [5, 5.41) is 25.0. The zero-order chi connectivity index (χ0) is 20.0. The second kappa shape index (κ2) is 8.49. The molecule has 146 valence electrons. The number of alkyl halides is 3. The number of anilines is 3. The van der Waals surface area contributed by atoms with Gasteiger partial charge in [0, 0.05) is 19.2 Å². The van der Waals surface area contributed by atoms with Crippen LogP contribution in [0, 0.1) is 10.1 Å². The van der Waals surface area contributed by atoms with E-state index in [4.69, 9.17) is 9.84 Å². The van der Waals surface area contributed by atoms with Gasteiger partial charge in [-0.25, -0.2) is 4.98 Å². The minimum absolute atomic E-state index is 0.0612. The number of nitro benzene ring substituents is 1. The highest BCUT2D eigenvalue weighted by molar-refractivity contribution is 5.70. The average molecular weight is 387 g/mol. The monoisotopic (exact) mass is 387 g/mol. The van der Waals surface area contributed by atoms with Gasteiger partial charge in [0.2, 0.25) is 5.95 Å². The lowest BCUT2D eigenvalue weighted by Crippen LogP contribution is -2.14. The molecule has 0 fully saturated rings. The summed E-state index contributed by atoms with van der Waals surface area (Å²) in [5.74, 6) is -0.383. The Morgan fingerprint density at radius 3 is 2.63 bits per heavy atom. The van der Waals surface area contributed by atoms with Gasteiger partial charge < -0.3 is 20.5 Å². The molecule has 9 nitrogen and oxygen atoms in total. The molecule has 27 heavy (non-hydrogen) atoms. The number of halogens is 3. The van der Waals surface area contributed by atoms with Gasteiger partial charge in [-0.3, -0.25) is 10.1 Å². The molecule has 1 aromatic carbocycles.